The number of hydrogen-bond acceptors (Lipinski definition) is 2. The Morgan fingerprint density at radius 1 is 0.867 bits per heavy atom. The summed E-state index contributed by atoms with van der Waals surface area (Å²) in [6.07, 6.45) is 2.00. The zero-order valence-corrected chi connectivity index (χ0v) is 19.1. The van der Waals surface area contributed by atoms with Crippen LogP contribution < -0.4 is 0 Å². The molecule has 0 aliphatic heterocycles. The average Bonchev–Trinajstić information content (AvgIpc) is 2.64. The number of allylic oxidation sites excluding steroid dienone is 1. The van der Waals surface area contributed by atoms with E-state index in [2.05, 4.69) is 41.5 Å². The second kappa shape index (κ2) is 6.72. The third-order valence-corrected chi connectivity index (χ3v) is 6.16. The third kappa shape index (κ3) is 3.24. The summed E-state index contributed by atoms with van der Waals surface area (Å²) in [6.45, 7) is 12.4. The molecule has 30 heavy (non-hydrogen) atoms. The van der Waals surface area contributed by atoms with E-state index in [9.17, 15) is 9.90 Å². The quantitative estimate of drug-likeness (QED) is 0.437. The van der Waals surface area contributed by atoms with Crippen molar-refractivity contribution < 1.29 is 9.90 Å². The van der Waals surface area contributed by atoms with Gasteiger partial charge in [0.15, 0.2) is 5.78 Å². The van der Waals surface area contributed by atoms with Gasteiger partial charge in [-0.25, -0.2) is 0 Å². The molecule has 0 unspecified atom stereocenters. The number of benzene rings is 3. The van der Waals surface area contributed by atoms with Crippen LogP contribution in [0.5, 0.6) is 5.75 Å². The number of carbonyl (C=O) groups excluding carboxylic acids is 1. The fourth-order valence-electron chi connectivity index (χ4n) is 4.22. The summed E-state index contributed by atoms with van der Waals surface area (Å²) in [7, 11) is 0. The van der Waals surface area contributed by atoms with Crippen LogP contribution in [-0.4, -0.2) is 10.9 Å². The number of Topliss-reactive ketones (excluding diaryl/α,β-unsaturated/α-hetero) is 1. The van der Waals surface area contributed by atoms with Crippen molar-refractivity contribution in [3.63, 3.8) is 0 Å². The molecule has 4 rings (SSSR count). The maximum Gasteiger partial charge on any atom is 0.190 e. The van der Waals surface area contributed by atoms with E-state index in [4.69, 9.17) is 11.6 Å². The van der Waals surface area contributed by atoms with E-state index < -0.39 is 0 Å². The van der Waals surface area contributed by atoms with Crippen LogP contribution in [0, 0.1) is 5.41 Å². The molecule has 3 heteroatoms. The lowest BCUT2D eigenvalue weighted by molar-refractivity contribution is 0.101. The highest BCUT2D eigenvalue weighted by Gasteiger charge is 2.32. The first kappa shape index (κ1) is 20.7. The molecule has 1 aliphatic rings. The summed E-state index contributed by atoms with van der Waals surface area (Å²) in [5.41, 5.74) is 4.40. The Labute approximate surface area is 183 Å². The van der Waals surface area contributed by atoms with Gasteiger partial charge in [-0.1, -0.05) is 71.3 Å². The van der Waals surface area contributed by atoms with E-state index in [0.717, 1.165) is 33.2 Å². The van der Waals surface area contributed by atoms with E-state index in [1.54, 1.807) is 0 Å². The molecule has 3 aromatic carbocycles. The smallest absolute Gasteiger partial charge is 0.190 e. The van der Waals surface area contributed by atoms with Crippen LogP contribution >= 0.6 is 11.6 Å². The van der Waals surface area contributed by atoms with Crippen molar-refractivity contribution in [3.05, 3.63) is 69.8 Å². The maximum atomic E-state index is 13.5. The zero-order valence-electron chi connectivity index (χ0n) is 18.4. The molecule has 0 radical (unpaired) electrons. The number of carbonyl (C=O) groups is 1. The molecule has 1 aliphatic carbocycles. The normalized spacial score (nSPS) is 14.2. The minimum Gasteiger partial charge on any atom is -0.507 e. The SMILES string of the molecule is CC(C)(C)C1=Cc2cc(C(C)(C)C)c(O)c3cc(-c4ccccc4Cl)cc(c23)C1=O. The standard InChI is InChI=1S/C27H27ClO2/c1-26(2,3)20-13-16-14-21(27(4,5)6)25(30)19-12-15(11-18(23(16)19)24(20)29)17-9-7-8-10-22(17)28/h7-14,29H,1-6H3. The molecule has 154 valence electrons. The molecule has 0 saturated carbocycles. The maximum absolute atomic E-state index is 13.5. The summed E-state index contributed by atoms with van der Waals surface area (Å²) in [4.78, 5) is 13.5. The van der Waals surface area contributed by atoms with Crippen molar-refractivity contribution in [2.24, 2.45) is 5.41 Å². The topological polar surface area (TPSA) is 37.3 Å². The second-order valence-electron chi connectivity index (χ2n) is 10.2. The van der Waals surface area contributed by atoms with Crippen LogP contribution in [0.15, 0.2) is 48.0 Å². The van der Waals surface area contributed by atoms with Gasteiger partial charge in [-0.15, -0.1) is 0 Å². The predicted molar refractivity (Wildman–Crippen MR) is 127 cm³/mol. The molecular formula is C27H27ClO2. The van der Waals surface area contributed by atoms with Crippen molar-refractivity contribution >= 4 is 34.2 Å². The van der Waals surface area contributed by atoms with Gasteiger partial charge in [0.05, 0.1) is 0 Å². The molecule has 0 spiro atoms. The molecule has 0 atom stereocenters. The van der Waals surface area contributed by atoms with Crippen LogP contribution in [0.3, 0.4) is 0 Å². The van der Waals surface area contributed by atoms with Crippen LogP contribution in [0.25, 0.3) is 28.0 Å². The van der Waals surface area contributed by atoms with E-state index in [1.165, 1.54) is 0 Å². The number of phenols is 1. The number of phenolic OH excluding ortho intramolecular Hbond substituents is 1. The average molecular weight is 419 g/mol. The molecular weight excluding hydrogens is 392 g/mol. The van der Waals surface area contributed by atoms with E-state index in [1.807, 2.05) is 48.5 Å². The molecule has 3 aromatic rings. The number of rotatable bonds is 1. The predicted octanol–water partition coefficient (Wildman–Crippen LogP) is 7.79. The monoisotopic (exact) mass is 418 g/mol. The summed E-state index contributed by atoms with van der Waals surface area (Å²) < 4.78 is 0. The molecule has 0 heterocycles. The largest absolute Gasteiger partial charge is 0.507 e. The summed E-state index contributed by atoms with van der Waals surface area (Å²) in [6, 6.07) is 13.5. The Hall–Kier alpha value is -2.58. The minimum absolute atomic E-state index is 0.0109. The second-order valence-corrected chi connectivity index (χ2v) is 10.6. The van der Waals surface area contributed by atoms with Crippen molar-refractivity contribution in [2.45, 2.75) is 47.0 Å². The Balaban J connectivity index is 2.16. The molecule has 0 bridgehead atoms. The minimum atomic E-state index is -0.290. The van der Waals surface area contributed by atoms with Crippen molar-refractivity contribution in [1.82, 2.24) is 0 Å². The first-order chi connectivity index (χ1) is 13.9. The lowest BCUT2D eigenvalue weighted by Gasteiger charge is -2.29. The lowest BCUT2D eigenvalue weighted by atomic mass is 9.74. The fourth-order valence-corrected chi connectivity index (χ4v) is 4.46. The highest BCUT2D eigenvalue weighted by atomic mass is 35.5. The Morgan fingerprint density at radius 2 is 1.53 bits per heavy atom. The highest BCUT2D eigenvalue weighted by Crippen LogP contribution is 2.46. The lowest BCUT2D eigenvalue weighted by Crippen LogP contribution is -2.21. The molecule has 1 N–H and O–H groups in total. The van der Waals surface area contributed by atoms with Gasteiger partial charge in [-0.05, 0) is 52.3 Å². The number of hydrogen-bond donors (Lipinski definition) is 1. The zero-order chi connectivity index (χ0) is 22.0. The number of aromatic hydroxyl groups is 1. The van der Waals surface area contributed by atoms with Gasteiger partial charge in [0.2, 0.25) is 0 Å². The van der Waals surface area contributed by atoms with E-state index >= 15 is 0 Å². The van der Waals surface area contributed by atoms with Gasteiger partial charge >= 0.3 is 0 Å². The van der Waals surface area contributed by atoms with Crippen LogP contribution in [0.4, 0.5) is 0 Å². The summed E-state index contributed by atoms with van der Waals surface area (Å²) in [5.74, 6) is 0.244. The van der Waals surface area contributed by atoms with Gasteiger partial charge < -0.3 is 5.11 Å². The van der Waals surface area contributed by atoms with Gasteiger partial charge in [0, 0.05) is 38.1 Å². The molecule has 2 nitrogen and oxygen atoms in total. The fraction of sp³-hybridized carbons (Fsp3) is 0.296. The van der Waals surface area contributed by atoms with Gasteiger partial charge in [0.25, 0.3) is 0 Å². The molecule has 0 aromatic heterocycles. The van der Waals surface area contributed by atoms with E-state index in [-0.39, 0.29) is 22.4 Å². The third-order valence-electron chi connectivity index (χ3n) is 5.83. The van der Waals surface area contributed by atoms with Crippen molar-refractivity contribution in [3.8, 4) is 16.9 Å². The Kier molecular flexibility index (Phi) is 4.63. The van der Waals surface area contributed by atoms with E-state index in [0.29, 0.717) is 16.0 Å². The van der Waals surface area contributed by atoms with Gasteiger partial charge in [-0.2, -0.15) is 0 Å². The Bertz CT molecular complexity index is 1230. The van der Waals surface area contributed by atoms with Gasteiger partial charge in [-0.3, -0.25) is 4.79 Å². The molecule has 0 fully saturated rings. The first-order valence-corrected chi connectivity index (χ1v) is 10.6. The Morgan fingerprint density at radius 3 is 2.13 bits per heavy atom. The number of halogens is 1. The molecule has 0 saturated heterocycles. The van der Waals surface area contributed by atoms with Crippen LogP contribution in [-0.2, 0) is 5.41 Å². The van der Waals surface area contributed by atoms with Gasteiger partial charge in [0.1, 0.15) is 5.75 Å². The first-order valence-electron chi connectivity index (χ1n) is 10.3. The van der Waals surface area contributed by atoms with Crippen molar-refractivity contribution in [1.29, 1.82) is 0 Å². The van der Waals surface area contributed by atoms with Crippen molar-refractivity contribution in [2.75, 3.05) is 0 Å². The molecule has 0 amide bonds. The van der Waals surface area contributed by atoms with Crippen LogP contribution in [0.1, 0.15) is 63.0 Å². The van der Waals surface area contributed by atoms with Crippen LogP contribution in [0.2, 0.25) is 5.02 Å². The summed E-state index contributed by atoms with van der Waals surface area (Å²) in [5, 5.41) is 13.4. The summed E-state index contributed by atoms with van der Waals surface area (Å²) >= 11 is 6.47. The highest BCUT2D eigenvalue weighted by molar-refractivity contribution is 6.33. The number of ketones is 1.